The Bertz CT molecular complexity index is 504. The molecule has 1 heterocycles. The molecule has 0 aliphatic rings. The highest BCUT2D eigenvalue weighted by atomic mass is 35.5. The Morgan fingerprint density at radius 1 is 1.33 bits per heavy atom. The summed E-state index contributed by atoms with van der Waals surface area (Å²) in [6, 6.07) is 11.2. The van der Waals surface area contributed by atoms with E-state index in [0.717, 1.165) is 11.3 Å². The molecule has 1 aromatic carbocycles. The summed E-state index contributed by atoms with van der Waals surface area (Å²) in [5, 5.41) is 9.24. The average molecular weight is 237 g/mol. The summed E-state index contributed by atoms with van der Waals surface area (Å²) in [5.74, 6) is 0.674. The number of rotatable bonds is 2. The maximum Gasteiger partial charge on any atom is 0.281 e. The highest BCUT2D eigenvalue weighted by Gasteiger charge is 2.09. The Hall–Kier alpha value is -1.57. The zero-order valence-electron chi connectivity index (χ0n) is 7.48. The second-order valence-electron chi connectivity index (χ2n) is 2.63. The maximum absolute atomic E-state index is 8.68. The van der Waals surface area contributed by atoms with Crippen molar-refractivity contribution in [2.75, 3.05) is 0 Å². The van der Waals surface area contributed by atoms with Gasteiger partial charge in [-0.2, -0.15) is 10.2 Å². The monoisotopic (exact) mass is 236 g/mol. The number of ether oxygens (including phenoxy) is 1. The number of hydrogen-bond donors (Lipinski definition) is 0. The second-order valence-corrected chi connectivity index (χ2v) is 3.95. The van der Waals surface area contributed by atoms with Crippen LogP contribution in [0.2, 0.25) is 5.15 Å². The average Bonchev–Trinajstić information content (AvgIpc) is 2.60. The number of thiazole rings is 1. The zero-order valence-corrected chi connectivity index (χ0v) is 9.05. The standard InChI is InChI=1S/C10H5ClN2OS/c11-9-8(6-12)15-10(13-9)14-7-4-2-1-3-5-7/h1-5H. The number of aromatic nitrogens is 1. The molecule has 0 atom stereocenters. The Morgan fingerprint density at radius 3 is 2.67 bits per heavy atom. The molecule has 0 radical (unpaired) electrons. The molecule has 74 valence electrons. The quantitative estimate of drug-likeness (QED) is 0.802. The topological polar surface area (TPSA) is 45.9 Å². The van der Waals surface area contributed by atoms with E-state index < -0.39 is 0 Å². The van der Waals surface area contributed by atoms with E-state index in [0.29, 0.717) is 15.8 Å². The summed E-state index contributed by atoms with van der Waals surface area (Å²) >= 11 is 6.84. The lowest BCUT2D eigenvalue weighted by atomic mass is 10.3. The van der Waals surface area contributed by atoms with Crippen LogP contribution in [0.1, 0.15) is 4.88 Å². The lowest BCUT2D eigenvalue weighted by Crippen LogP contribution is -1.81. The minimum Gasteiger partial charge on any atom is -0.431 e. The molecule has 2 rings (SSSR count). The third kappa shape index (κ3) is 2.27. The Labute approximate surface area is 95.5 Å². The lowest BCUT2D eigenvalue weighted by Gasteiger charge is -1.98. The first-order chi connectivity index (χ1) is 7.29. The minimum absolute atomic E-state index is 0.188. The third-order valence-electron chi connectivity index (χ3n) is 1.62. The summed E-state index contributed by atoms with van der Waals surface area (Å²) < 4.78 is 5.41. The first-order valence-electron chi connectivity index (χ1n) is 4.09. The summed E-state index contributed by atoms with van der Waals surface area (Å²) in [4.78, 5) is 4.28. The fourth-order valence-electron chi connectivity index (χ4n) is 0.985. The molecule has 0 aliphatic carbocycles. The van der Waals surface area contributed by atoms with Gasteiger partial charge in [-0.1, -0.05) is 41.1 Å². The van der Waals surface area contributed by atoms with Gasteiger partial charge >= 0.3 is 0 Å². The van der Waals surface area contributed by atoms with Gasteiger partial charge in [0.05, 0.1) is 0 Å². The predicted octanol–water partition coefficient (Wildman–Crippen LogP) is 3.46. The van der Waals surface area contributed by atoms with Crippen LogP contribution in [0.25, 0.3) is 0 Å². The number of nitrogens with zero attached hydrogens (tertiary/aromatic N) is 2. The fraction of sp³-hybridized carbons (Fsp3) is 0. The van der Waals surface area contributed by atoms with Gasteiger partial charge in [-0.3, -0.25) is 0 Å². The molecule has 0 bridgehead atoms. The summed E-state index contributed by atoms with van der Waals surface area (Å²) in [6.45, 7) is 0. The highest BCUT2D eigenvalue weighted by molar-refractivity contribution is 7.14. The van der Waals surface area contributed by atoms with Gasteiger partial charge in [0.2, 0.25) is 0 Å². The molecular weight excluding hydrogens is 232 g/mol. The fourth-order valence-corrected chi connectivity index (χ4v) is 1.89. The van der Waals surface area contributed by atoms with Crippen LogP contribution >= 0.6 is 22.9 Å². The Kier molecular flexibility index (Phi) is 2.86. The van der Waals surface area contributed by atoms with Crippen molar-refractivity contribution in [3.63, 3.8) is 0 Å². The Balaban J connectivity index is 2.23. The van der Waals surface area contributed by atoms with Crippen LogP contribution in [0.5, 0.6) is 10.9 Å². The van der Waals surface area contributed by atoms with E-state index in [1.165, 1.54) is 0 Å². The molecule has 0 spiro atoms. The van der Waals surface area contributed by atoms with E-state index in [1.807, 2.05) is 24.3 Å². The van der Waals surface area contributed by atoms with E-state index in [4.69, 9.17) is 21.6 Å². The lowest BCUT2D eigenvalue weighted by molar-refractivity contribution is 0.479. The van der Waals surface area contributed by atoms with Gasteiger partial charge in [0.1, 0.15) is 16.7 Å². The predicted molar refractivity (Wildman–Crippen MR) is 58.4 cm³/mol. The molecule has 5 heteroatoms. The van der Waals surface area contributed by atoms with E-state index in [9.17, 15) is 0 Å². The smallest absolute Gasteiger partial charge is 0.281 e. The van der Waals surface area contributed by atoms with Gasteiger partial charge in [0.25, 0.3) is 5.19 Å². The minimum atomic E-state index is 0.188. The van der Waals surface area contributed by atoms with E-state index in [2.05, 4.69) is 4.98 Å². The van der Waals surface area contributed by atoms with Crippen LogP contribution in [-0.2, 0) is 0 Å². The van der Waals surface area contributed by atoms with E-state index in [1.54, 1.807) is 12.1 Å². The molecule has 0 saturated carbocycles. The third-order valence-corrected chi connectivity index (χ3v) is 2.84. The molecular formula is C10H5ClN2OS. The van der Waals surface area contributed by atoms with Gasteiger partial charge in [0.15, 0.2) is 5.15 Å². The number of halogens is 1. The van der Waals surface area contributed by atoms with E-state index >= 15 is 0 Å². The summed E-state index contributed by atoms with van der Waals surface area (Å²) in [6.07, 6.45) is 0. The number of nitriles is 1. The van der Waals surface area contributed by atoms with Crippen molar-refractivity contribution in [1.82, 2.24) is 4.98 Å². The molecule has 0 saturated heterocycles. The molecule has 3 nitrogen and oxygen atoms in total. The Morgan fingerprint density at radius 2 is 2.07 bits per heavy atom. The molecule has 0 amide bonds. The molecule has 0 aliphatic heterocycles. The van der Waals surface area contributed by atoms with Crippen LogP contribution in [0, 0.1) is 11.3 Å². The summed E-state index contributed by atoms with van der Waals surface area (Å²) in [7, 11) is 0. The maximum atomic E-state index is 8.68. The molecule has 1 aromatic heterocycles. The van der Waals surface area contributed by atoms with Crippen LogP contribution in [0.4, 0.5) is 0 Å². The normalized spacial score (nSPS) is 9.60. The van der Waals surface area contributed by atoms with Crippen molar-refractivity contribution in [2.24, 2.45) is 0 Å². The van der Waals surface area contributed by atoms with Crippen molar-refractivity contribution in [2.45, 2.75) is 0 Å². The molecule has 0 unspecified atom stereocenters. The van der Waals surface area contributed by atoms with Crippen molar-refractivity contribution < 1.29 is 4.74 Å². The van der Waals surface area contributed by atoms with Gasteiger partial charge in [0, 0.05) is 0 Å². The molecule has 0 fully saturated rings. The summed E-state index contributed by atoms with van der Waals surface area (Å²) in [5.41, 5.74) is 0. The number of benzene rings is 1. The van der Waals surface area contributed by atoms with Crippen molar-refractivity contribution >= 4 is 22.9 Å². The molecule has 0 N–H and O–H groups in total. The number of para-hydroxylation sites is 1. The second kappa shape index (κ2) is 4.30. The largest absolute Gasteiger partial charge is 0.431 e. The van der Waals surface area contributed by atoms with Gasteiger partial charge in [-0.15, -0.1) is 0 Å². The highest BCUT2D eigenvalue weighted by Crippen LogP contribution is 2.31. The number of hydrogen-bond acceptors (Lipinski definition) is 4. The van der Waals surface area contributed by atoms with E-state index in [-0.39, 0.29) is 5.15 Å². The van der Waals surface area contributed by atoms with Crippen LogP contribution in [-0.4, -0.2) is 4.98 Å². The van der Waals surface area contributed by atoms with Crippen LogP contribution < -0.4 is 4.74 Å². The zero-order chi connectivity index (χ0) is 10.7. The van der Waals surface area contributed by atoms with Crippen molar-refractivity contribution in [3.05, 3.63) is 40.4 Å². The van der Waals surface area contributed by atoms with Gasteiger partial charge in [-0.25, -0.2) is 0 Å². The van der Waals surface area contributed by atoms with Crippen LogP contribution in [0.15, 0.2) is 30.3 Å². The van der Waals surface area contributed by atoms with Crippen LogP contribution in [0.3, 0.4) is 0 Å². The van der Waals surface area contributed by atoms with Gasteiger partial charge < -0.3 is 4.74 Å². The SMILES string of the molecule is N#Cc1sc(Oc2ccccc2)nc1Cl. The molecule has 2 aromatic rings. The van der Waals surface area contributed by atoms with Crippen molar-refractivity contribution in [1.29, 1.82) is 5.26 Å². The first-order valence-corrected chi connectivity index (χ1v) is 5.28. The van der Waals surface area contributed by atoms with Crippen molar-refractivity contribution in [3.8, 4) is 17.0 Å². The first kappa shape index (κ1) is 9.97. The molecule has 15 heavy (non-hydrogen) atoms. The van der Waals surface area contributed by atoms with Gasteiger partial charge in [-0.05, 0) is 12.1 Å².